The zero-order chi connectivity index (χ0) is 26.9. The molecule has 2 aromatic carbocycles. The van der Waals surface area contributed by atoms with Crippen molar-refractivity contribution < 1.29 is 19.4 Å². The van der Waals surface area contributed by atoms with Gasteiger partial charge in [-0.2, -0.15) is 0 Å². The number of hydrogen-bond donors (Lipinski definition) is 1. The maximum Gasteiger partial charge on any atom is 0.338 e. The number of phenolic OH excluding ortho intramolecular Hbond substituents is 1. The largest absolute Gasteiger partial charge is 0.506 e. The van der Waals surface area contributed by atoms with Crippen LogP contribution in [-0.4, -0.2) is 29.4 Å². The molecular formula is C26H23Br3N2O5S. The molecule has 194 valence electrons. The minimum atomic E-state index is -0.787. The fourth-order valence-corrected chi connectivity index (χ4v) is 6.77. The van der Waals surface area contributed by atoms with Crippen LogP contribution in [0.15, 0.2) is 64.8 Å². The van der Waals surface area contributed by atoms with Gasteiger partial charge in [0.15, 0.2) is 4.80 Å². The number of thiazole rings is 1. The van der Waals surface area contributed by atoms with E-state index in [0.717, 1.165) is 10.9 Å². The van der Waals surface area contributed by atoms with Gasteiger partial charge in [0.2, 0.25) is 0 Å². The Morgan fingerprint density at radius 3 is 2.51 bits per heavy atom. The van der Waals surface area contributed by atoms with Crippen LogP contribution in [0, 0.1) is 0 Å². The second-order valence-corrected chi connectivity index (χ2v) is 11.8. The first-order valence-electron chi connectivity index (χ1n) is 11.4. The average molecular weight is 715 g/mol. The molecule has 0 amide bonds. The number of carbonyl (C=O) groups is 1. The minimum absolute atomic E-state index is 0.0728. The highest BCUT2D eigenvalue weighted by Crippen LogP contribution is 2.38. The molecule has 7 nitrogen and oxygen atoms in total. The van der Waals surface area contributed by atoms with E-state index in [4.69, 9.17) is 14.5 Å². The molecule has 37 heavy (non-hydrogen) atoms. The number of halogens is 3. The van der Waals surface area contributed by atoms with Crippen molar-refractivity contribution in [3.8, 4) is 11.5 Å². The summed E-state index contributed by atoms with van der Waals surface area (Å²) in [6, 6.07) is 8.14. The number of carbonyl (C=O) groups excluding carboxylic acids is 1. The van der Waals surface area contributed by atoms with E-state index in [1.165, 1.54) is 15.9 Å². The van der Waals surface area contributed by atoms with E-state index in [-0.39, 0.29) is 17.9 Å². The summed E-state index contributed by atoms with van der Waals surface area (Å²) in [7, 11) is 1.55. The van der Waals surface area contributed by atoms with E-state index in [1.54, 1.807) is 38.3 Å². The second-order valence-electron chi connectivity index (χ2n) is 8.13. The van der Waals surface area contributed by atoms with Crippen LogP contribution >= 0.6 is 59.1 Å². The van der Waals surface area contributed by atoms with Crippen LogP contribution in [0.3, 0.4) is 0 Å². The molecular weight excluding hydrogens is 692 g/mol. The summed E-state index contributed by atoms with van der Waals surface area (Å²) >= 11 is 11.4. The molecule has 1 atom stereocenters. The summed E-state index contributed by atoms with van der Waals surface area (Å²) in [5, 5.41) is 10.1. The minimum Gasteiger partial charge on any atom is -0.506 e. The summed E-state index contributed by atoms with van der Waals surface area (Å²) in [6.07, 6.45) is 3.04. The van der Waals surface area contributed by atoms with Gasteiger partial charge in [-0.1, -0.05) is 40.6 Å². The Morgan fingerprint density at radius 2 is 1.89 bits per heavy atom. The highest BCUT2D eigenvalue weighted by molar-refractivity contribution is 9.11. The topological polar surface area (TPSA) is 90.1 Å². The lowest BCUT2D eigenvalue weighted by molar-refractivity contribution is -0.139. The van der Waals surface area contributed by atoms with E-state index in [1.807, 2.05) is 19.1 Å². The molecule has 0 radical (unpaired) electrons. The molecule has 3 aromatic rings. The molecule has 11 heteroatoms. The maximum atomic E-state index is 13.9. The number of ether oxygens (including phenoxy) is 2. The predicted molar refractivity (Wildman–Crippen MR) is 154 cm³/mol. The highest BCUT2D eigenvalue weighted by Gasteiger charge is 2.36. The Bertz CT molecular complexity index is 1570. The summed E-state index contributed by atoms with van der Waals surface area (Å²) in [5.74, 6) is 0.0970. The summed E-state index contributed by atoms with van der Waals surface area (Å²) in [6.45, 7) is 3.95. The van der Waals surface area contributed by atoms with Crippen LogP contribution in [0.1, 0.15) is 43.9 Å². The summed E-state index contributed by atoms with van der Waals surface area (Å²) in [5.41, 5.74) is 1.97. The van der Waals surface area contributed by atoms with Crippen LogP contribution in [0.25, 0.3) is 6.08 Å². The lowest BCUT2D eigenvalue weighted by Gasteiger charge is -2.27. The van der Waals surface area contributed by atoms with E-state index < -0.39 is 12.0 Å². The Balaban J connectivity index is 2.05. The number of aromatic nitrogens is 1. The van der Waals surface area contributed by atoms with Gasteiger partial charge in [0.05, 0.1) is 38.5 Å². The lowest BCUT2D eigenvalue weighted by atomic mass is 9.93. The third-order valence-electron chi connectivity index (χ3n) is 5.72. The van der Waals surface area contributed by atoms with Crippen molar-refractivity contribution in [2.24, 2.45) is 4.99 Å². The number of benzene rings is 2. The van der Waals surface area contributed by atoms with E-state index in [0.29, 0.717) is 52.8 Å². The Kier molecular flexibility index (Phi) is 8.77. The summed E-state index contributed by atoms with van der Waals surface area (Å²) in [4.78, 5) is 32.5. The van der Waals surface area contributed by atoms with Gasteiger partial charge in [-0.15, -0.1) is 0 Å². The van der Waals surface area contributed by atoms with Crippen LogP contribution in [0.5, 0.6) is 11.5 Å². The standard InChI is InChI=1S/C26H23Br3N2O5S/c1-4-6-18-21(25(34)36-5-2)22(15-12-14(27)7-8-19(15)35-3)31-24(33)20(37-26(31)30-18)11-13-9-16(28)23(32)17(29)10-13/h7-12,22,32H,4-6H2,1-3H3/b20-11+/t22-/m0/s1. The molecule has 0 bridgehead atoms. The molecule has 0 unspecified atom stereocenters. The van der Waals surface area contributed by atoms with Crippen molar-refractivity contribution in [2.75, 3.05) is 13.7 Å². The number of rotatable bonds is 7. The van der Waals surface area contributed by atoms with Gasteiger partial charge in [0.25, 0.3) is 5.56 Å². The Hall–Kier alpha value is -2.21. The number of hydrogen-bond acceptors (Lipinski definition) is 7. The first-order chi connectivity index (χ1) is 17.7. The molecule has 0 fully saturated rings. The average Bonchev–Trinajstić information content (AvgIpc) is 3.16. The monoisotopic (exact) mass is 712 g/mol. The first-order valence-corrected chi connectivity index (χ1v) is 14.6. The van der Waals surface area contributed by atoms with Gasteiger partial charge in [-0.25, -0.2) is 9.79 Å². The first kappa shape index (κ1) is 27.8. The van der Waals surface area contributed by atoms with Crippen molar-refractivity contribution in [2.45, 2.75) is 32.7 Å². The Labute approximate surface area is 242 Å². The molecule has 1 aliphatic rings. The molecule has 4 rings (SSSR count). The number of allylic oxidation sites excluding steroid dienone is 1. The van der Waals surface area contributed by atoms with Gasteiger partial charge in [0.1, 0.15) is 17.5 Å². The van der Waals surface area contributed by atoms with Crippen LogP contribution < -0.4 is 19.6 Å². The van der Waals surface area contributed by atoms with Crippen molar-refractivity contribution in [1.29, 1.82) is 0 Å². The van der Waals surface area contributed by atoms with Crippen molar-refractivity contribution in [3.05, 3.63) is 85.8 Å². The van der Waals surface area contributed by atoms with Gasteiger partial charge in [0, 0.05) is 10.0 Å². The van der Waals surface area contributed by atoms with Crippen LogP contribution in [0.4, 0.5) is 0 Å². The fraction of sp³-hybridized carbons (Fsp3) is 0.269. The molecule has 0 saturated heterocycles. The van der Waals surface area contributed by atoms with E-state index in [2.05, 4.69) is 47.8 Å². The molecule has 1 aromatic heterocycles. The van der Waals surface area contributed by atoms with Gasteiger partial charge < -0.3 is 14.6 Å². The second kappa shape index (κ2) is 11.7. The van der Waals surface area contributed by atoms with Crippen molar-refractivity contribution in [3.63, 3.8) is 0 Å². The zero-order valence-corrected chi connectivity index (χ0v) is 25.8. The van der Waals surface area contributed by atoms with Gasteiger partial charge >= 0.3 is 5.97 Å². The molecule has 1 N–H and O–H groups in total. The van der Waals surface area contributed by atoms with Gasteiger partial charge in [-0.3, -0.25) is 9.36 Å². The third kappa shape index (κ3) is 5.50. The molecule has 2 heterocycles. The Morgan fingerprint density at radius 1 is 1.19 bits per heavy atom. The normalized spacial score (nSPS) is 15.4. The van der Waals surface area contributed by atoms with Crippen molar-refractivity contribution >= 4 is 71.2 Å². The number of methoxy groups -OCH3 is 1. The SMILES string of the molecule is CCCC1=C(C(=O)OCC)[C@H](c2cc(Br)ccc2OC)n2c(s/c(=C/c3cc(Br)c(O)c(Br)c3)c2=O)=N1. The lowest BCUT2D eigenvalue weighted by Crippen LogP contribution is -2.40. The van der Waals surface area contributed by atoms with E-state index >= 15 is 0 Å². The molecule has 0 spiro atoms. The number of phenols is 1. The van der Waals surface area contributed by atoms with Crippen molar-refractivity contribution in [1.82, 2.24) is 4.57 Å². The zero-order valence-electron chi connectivity index (χ0n) is 20.2. The smallest absolute Gasteiger partial charge is 0.338 e. The molecule has 0 saturated carbocycles. The van der Waals surface area contributed by atoms with Crippen LogP contribution in [0.2, 0.25) is 0 Å². The van der Waals surface area contributed by atoms with E-state index in [9.17, 15) is 14.7 Å². The highest BCUT2D eigenvalue weighted by atomic mass is 79.9. The fourth-order valence-electron chi connectivity index (χ4n) is 4.15. The number of fused-ring (bicyclic) bond motifs is 1. The predicted octanol–water partition coefficient (Wildman–Crippen LogP) is 5.58. The third-order valence-corrected chi connectivity index (χ3v) is 8.40. The number of aromatic hydroxyl groups is 1. The van der Waals surface area contributed by atoms with Crippen LogP contribution in [-0.2, 0) is 9.53 Å². The quantitative estimate of drug-likeness (QED) is 0.323. The maximum absolute atomic E-state index is 13.9. The number of esters is 1. The molecule has 1 aliphatic heterocycles. The molecule has 0 aliphatic carbocycles. The van der Waals surface area contributed by atoms with Gasteiger partial charge in [-0.05, 0) is 87.2 Å². The summed E-state index contributed by atoms with van der Waals surface area (Å²) < 4.78 is 14.8. The number of nitrogens with zero attached hydrogens (tertiary/aromatic N) is 2.